The van der Waals surface area contributed by atoms with Gasteiger partial charge in [0.2, 0.25) is 9.84 Å². The molecule has 0 radical (unpaired) electrons. The van der Waals surface area contributed by atoms with Gasteiger partial charge in [0.25, 0.3) is 0 Å². The maximum Gasteiger partial charge on any atom is 0.200 e. The summed E-state index contributed by atoms with van der Waals surface area (Å²) in [6.45, 7) is 0.460. The summed E-state index contributed by atoms with van der Waals surface area (Å²) in [4.78, 5) is 4.53. The van der Waals surface area contributed by atoms with Crippen LogP contribution in [0.2, 0.25) is 0 Å². The van der Waals surface area contributed by atoms with Gasteiger partial charge in [-0.2, -0.15) is 0 Å². The average molecular weight is 287 g/mol. The zero-order valence-corrected chi connectivity index (χ0v) is 11.5. The van der Waals surface area contributed by atoms with E-state index in [9.17, 15) is 8.42 Å². The Hall–Kier alpha value is -2.14. The van der Waals surface area contributed by atoms with Crippen LogP contribution in [-0.4, -0.2) is 20.0 Å². The molecule has 1 aliphatic rings. The summed E-state index contributed by atoms with van der Waals surface area (Å²) in [6, 6.07) is 10.8. The van der Waals surface area contributed by atoms with Crippen molar-refractivity contribution in [3.8, 4) is 5.75 Å². The van der Waals surface area contributed by atoms with E-state index in [0.717, 1.165) is 5.69 Å². The van der Waals surface area contributed by atoms with Gasteiger partial charge < -0.3 is 4.74 Å². The minimum Gasteiger partial charge on any atom is -0.493 e. The first-order valence-corrected chi connectivity index (χ1v) is 7.80. The normalized spacial score (nSPS) is 15.0. The molecule has 0 bridgehead atoms. The van der Waals surface area contributed by atoms with Crippen molar-refractivity contribution in [2.24, 2.45) is 0 Å². The van der Waals surface area contributed by atoms with Gasteiger partial charge in [0, 0.05) is 29.3 Å². The van der Waals surface area contributed by atoms with Crippen LogP contribution in [0.3, 0.4) is 0 Å². The van der Waals surface area contributed by atoms with E-state index < -0.39 is 9.84 Å². The maximum absolute atomic E-state index is 11.7. The van der Waals surface area contributed by atoms with Crippen molar-refractivity contribution in [3.05, 3.63) is 59.3 Å². The summed E-state index contributed by atoms with van der Waals surface area (Å²) in [6.07, 6.45) is 4.01. The average Bonchev–Trinajstić information content (AvgIpc) is 2.77. The predicted octanol–water partition coefficient (Wildman–Crippen LogP) is 2.46. The van der Waals surface area contributed by atoms with Crippen LogP contribution in [0.5, 0.6) is 5.75 Å². The van der Waals surface area contributed by atoms with Gasteiger partial charge in [-0.1, -0.05) is 12.1 Å². The van der Waals surface area contributed by atoms with Gasteiger partial charge in [0.05, 0.1) is 11.5 Å². The van der Waals surface area contributed by atoms with Crippen molar-refractivity contribution in [1.82, 2.24) is 4.98 Å². The molecule has 3 rings (SSSR count). The van der Waals surface area contributed by atoms with Crippen LogP contribution in [0.25, 0.3) is 6.08 Å². The number of fused-ring (bicyclic) bond motifs is 1. The molecule has 20 heavy (non-hydrogen) atoms. The Morgan fingerprint density at radius 1 is 1.10 bits per heavy atom. The zero-order valence-electron chi connectivity index (χ0n) is 10.7. The number of nitrogens with zero attached hydrogens (tertiary/aromatic N) is 1. The second-order valence-corrected chi connectivity index (χ2v) is 6.24. The van der Waals surface area contributed by atoms with E-state index in [4.69, 9.17) is 4.74 Å². The number of rotatable bonds is 4. The lowest BCUT2D eigenvalue weighted by molar-refractivity contribution is 0.319. The Bertz CT molecular complexity index is 752. The molecule has 1 aromatic carbocycles. The molecule has 0 amide bonds. The summed E-state index contributed by atoms with van der Waals surface area (Å²) in [7, 11) is -3.28. The first kappa shape index (κ1) is 12.9. The Balaban J connectivity index is 1.74. The molecule has 2 aromatic rings. The van der Waals surface area contributed by atoms with Gasteiger partial charge >= 0.3 is 0 Å². The van der Waals surface area contributed by atoms with Crippen LogP contribution in [0.15, 0.2) is 52.9 Å². The molecule has 0 spiro atoms. The molecule has 1 aliphatic heterocycles. The van der Waals surface area contributed by atoms with Crippen LogP contribution < -0.4 is 4.74 Å². The van der Waals surface area contributed by atoms with E-state index in [1.807, 2.05) is 18.2 Å². The molecule has 0 aliphatic carbocycles. The Morgan fingerprint density at radius 2 is 2.00 bits per heavy atom. The van der Waals surface area contributed by atoms with Gasteiger partial charge in [-0.3, -0.25) is 4.98 Å². The number of pyridine rings is 1. The quantitative estimate of drug-likeness (QED) is 0.866. The van der Waals surface area contributed by atoms with E-state index in [1.165, 1.54) is 5.41 Å². The van der Waals surface area contributed by atoms with E-state index in [0.29, 0.717) is 29.2 Å². The molecular formula is C15H13NO3S. The molecular weight excluding hydrogens is 274 g/mol. The van der Waals surface area contributed by atoms with E-state index in [-0.39, 0.29) is 0 Å². The molecule has 0 saturated heterocycles. The van der Waals surface area contributed by atoms with Crippen LogP contribution >= 0.6 is 0 Å². The van der Waals surface area contributed by atoms with E-state index >= 15 is 0 Å². The predicted molar refractivity (Wildman–Crippen MR) is 76.1 cm³/mol. The smallest absolute Gasteiger partial charge is 0.200 e. The van der Waals surface area contributed by atoms with Crippen LogP contribution in [0.1, 0.15) is 11.3 Å². The molecule has 2 heterocycles. The van der Waals surface area contributed by atoms with Crippen molar-refractivity contribution in [2.75, 3.05) is 6.61 Å². The molecule has 0 unspecified atom stereocenters. The summed E-state index contributed by atoms with van der Waals surface area (Å²) in [5.41, 5.74) is 1.58. The fourth-order valence-electron chi connectivity index (χ4n) is 2.10. The molecule has 102 valence electrons. The van der Waals surface area contributed by atoms with Crippen LogP contribution in [0, 0.1) is 0 Å². The van der Waals surface area contributed by atoms with Crippen molar-refractivity contribution in [1.29, 1.82) is 0 Å². The lowest BCUT2D eigenvalue weighted by Gasteiger charge is -2.09. The number of ether oxygens (including phenoxy) is 1. The molecule has 0 atom stereocenters. The fraction of sp³-hybridized carbons (Fsp3) is 0.133. The first-order valence-electron chi connectivity index (χ1n) is 6.26. The molecule has 0 N–H and O–H groups in total. The molecule has 4 nitrogen and oxygen atoms in total. The third kappa shape index (κ3) is 2.44. The maximum atomic E-state index is 11.7. The third-order valence-corrected chi connectivity index (χ3v) is 4.55. The van der Waals surface area contributed by atoms with Gasteiger partial charge in [-0.15, -0.1) is 0 Å². The summed E-state index contributed by atoms with van der Waals surface area (Å²) < 4.78 is 29.2. The van der Waals surface area contributed by atoms with Crippen LogP contribution in [-0.2, 0) is 16.3 Å². The van der Waals surface area contributed by atoms with Crippen molar-refractivity contribution in [3.63, 3.8) is 0 Å². The topological polar surface area (TPSA) is 56.3 Å². The lowest BCUT2D eigenvalue weighted by atomic mass is 10.2. The van der Waals surface area contributed by atoms with Gasteiger partial charge in [0.15, 0.2) is 0 Å². The van der Waals surface area contributed by atoms with Crippen molar-refractivity contribution < 1.29 is 13.2 Å². The minimum absolute atomic E-state index is 0.313. The van der Waals surface area contributed by atoms with Crippen molar-refractivity contribution in [2.45, 2.75) is 11.3 Å². The third-order valence-electron chi connectivity index (χ3n) is 3.09. The Labute approximate surface area is 117 Å². The van der Waals surface area contributed by atoms with Gasteiger partial charge in [-0.25, -0.2) is 8.42 Å². The number of hydrogen-bond acceptors (Lipinski definition) is 4. The van der Waals surface area contributed by atoms with E-state index in [1.54, 1.807) is 30.5 Å². The Morgan fingerprint density at radius 3 is 2.80 bits per heavy atom. The zero-order chi connectivity index (χ0) is 14.0. The second-order valence-electron chi connectivity index (χ2n) is 4.44. The number of sulfone groups is 1. The number of hydrogen-bond donors (Lipinski definition) is 0. The van der Waals surface area contributed by atoms with E-state index in [2.05, 4.69) is 4.98 Å². The summed E-state index contributed by atoms with van der Waals surface area (Å²) in [5.74, 6) is 0.593. The highest BCUT2D eigenvalue weighted by Crippen LogP contribution is 2.33. The highest BCUT2D eigenvalue weighted by atomic mass is 32.2. The second kappa shape index (κ2) is 5.09. The van der Waals surface area contributed by atoms with Crippen molar-refractivity contribution >= 4 is 15.9 Å². The Kier molecular flexibility index (Phi) is 3.28. The SMILES string of the molecule is O=S1(=O)C=Cc2c(OCCc3ccccn3)cccc21. The largest absolute Gasteiger partial charge is 0.493 e. The number of aromatic nitrogens is 1. The highest BCUT2D eigenvalue weighted by molar-refractivity contribution is 7.94. The monoisotopic (exact) mass is 287 g/mol. The fourth-order valence-corrected chi connectivity index (χ4v) is 3.31. The van der Waals surface area contributed by atoms with Crippen LogP contribution in [0.4, 0.5) is 0 Å². The van der Waals surface area contributed by atoms with Gasteiger partial charge in [-0.05, 0) is 30.3 Å². The number of benzene rings is 1. The molecule has 5 heteroatoms. The minimum atomic E-state index is -3.28. The molecule has 0 saturated carbocycles. The standard InChI is InChI=1S/C15H13NO3S/c17-20(18)11-8-13-14(5-3-6-15(13)20)19-10-7-12-4-1-2-9-16-12/h1-6,8-9,11H,7,10H2. The highest BCUT2D eigenvalue weighted by Gasteiger charge is 2.23. The molecule has 1 aromatic heterocycles. The summed E-state index contributed by atoms with van der Waals surface area (Å²) >= 11 is 0. The first-order chi connectivity index (χ1) is 9.67. The summed E-state index contributed by atoms with van der Waals surface area (Å²) in [5, 5.41) is 1.21. The molecule has 0 fully saturated rings. The lowest BCUT2D eigenvalue weighted by Crippen LogP contribution is -2.04. The van der Waals surface area contributed by atoms with Gasteiger partial charge in [0.1, 0.15) is 5.75 Å².